The average Bonchev–Trinajstić information content (AvgIpc) is 3.26. The van der Waals surface area contributed by atoms with Crippen molar-refractivity contribution in [2.45, 2.75) is 19.9 Å². The Bertz CT molecular complexity index is 545. The van der Waals surface area contributed by atoms with Crippen LogP contribution in [0.3, 0.4) is 0 Å². The molecule has 0 aliphatic heterocycles. The van der Waals surface area contributed by atoms with Gasteiger partial charge >= 0.3 is 0 Å². The van der Waals surface area contributed by atoms with Crippen LogP contribution < -0.4 is 16.0 Å². The van der Waals surface area contributed by atoms with E-state index in [1.54, 1.807) is 0 Å². The molecule has 2 atom stereocenters. The zero-order valence-electron chi connectivity index (χ0n) is 12.6. The van der Waals surface area contributed by atoms with E-state index in [2.05, 4.69) is 16.0 Å². The molecular formula is C16H21N3O3. The Hall–Kier alpha value is -2.37. The number of carbonyl (C=O) groups excluding carboxylic acids is 3. The van der Waals surface area contributed by atoms with E-state index in [0.29, 0.717) is 12.5 Å². The molecule has 6 heteroatoms. The van der Waals surface area contributed by atoms with Crippen LogP contribution in [0.1, 0.15) is 18.9 Å². The first-order valence-electron chi connectivity index (χ1n) is 7.41. The van der Waals surface area contributed by atoms with Crippen LogP contribution in [0.2, 0.25) is 0 Å². The normalized spacial score (nSPS) is 19.1. The SMILES string of the molecule is CC1CC1C(=O)NCC(=O)NCC(=O)NCc1ccccc1. The van der Waals surface area contributed by atoms with Gasteiger partial charge in [0.1, 0.15) is 0 Å². The number of amides is 3. The van der Waals surface area contributed by atoms with E-state index in [-0.39, 0.29) is 36.7 Å². The summed E-state index contributed by atoms with van der Waals surface area (Å²) >= 11 is 0. The average molecular weight is 303 g/mol. The third kappa shape index (κ3) is 5.20. The molecule has 1 aliphatic carbocycles. The Morgan fingerprint density at radius 1 is 1.00 bits per heavy atom. The van der Waals surface area contributed by atoms with E-state index in [0.717, 1.165) is 12.0 Å². The molecule has 0 spiro atoms. The van der Waals surface area contributed by atoms with Crippen molar-refractivity contribution in [2.24, 2.45) is 11.8 Å². The second-order valence-electron chi connectivity index (χ2n) is 5.58. The van der Waals surface area contributed by atoms with Gasteiger partial charge in [-0.3, -0.25) is 14.4 Å². The molecular weight excluding hydrogens is 282 g/mol. The molecule has 1 aromatic carbocycles. The van der Waals surface area contributed by atoms with Gasteiger partial charge in [-0.25, -0.2) is 0 Å². The number of benzene rings is 1. The third-order valence-corrected chi connectivity index (χ3v) is 3.65. The highest BCUT2D eigenvalue weighted by Gasteiger charge is 2.38. The molecule has 0 heterocycles. The van der Waals surface area contributed by atoms with Crippen LogP contribution in [0.15, 0.2) is 30.3 Å². The largest absolute Gasteiger partial charge is 0.350 e. The summed E-state index contributed by atoms with van der Waals surface area (Å²) < 4.78 is 0. The minimum absolute atomic E-state index is 0.0435. The highest BCUT2D eigenvalue weighted by Crippen LogP contribution is 2.37. The molecule has 3 N–H and O–H groups in total. The van der Waals surface area contributed by atoms with E-state index in [1.165, 1.54) is 0 Å². The second-order valence-corrected chi connectivity index (χ2v) is 5.58. The van der Waals surface area contributed by atoms with Gasteiger partial charge in [-0.2, -0.15) is 0 Å². The molecule has 0 radical (unpaired) electrons. The topological polar surface area (TPSA) is 87.3 Å². The molecule has 6 nitrogen and oxygen atoms in total. The van der Waals surface area contributed by atoms with Crippen molar-refractivity contribution >= 4 is 17.7 Å². The summed E-state index contributed by atoms with van der Waals surface area (Å²) in [7, 11) is 0. The van der Waals surface area contributed by atoms with Crippen LogP contribution >= 0.6 is 0 Å². The molecule has 3 amide bonds. The maximum atomic E-state index is 11.6. The first-order chi connectivity index (χ1) is 10.6. The Morgan fingerprint density at radius 2 is 1.59 bits per heavy atom. The summed E-state index contributed by atoms with van der Waals surface area (Å²) in [5.74, 6) is -0.263. The first-order valence-corrected chi connectivity index (χ1v) is 7.41. The standard InChI is InChI=1S/C16H21N3O3/c1-11-7-13(11)16(22)19-10-15(21)18-9-14(20)17-8-12-5-3-2-4-6-12/h2-6,11,13H,7-10H2,1H3,(H,17,20)(H,18,21)(H,19,22). The van der Waals surface area contributed by atoms with Crippen molar-refractivity contribution in [3.63, 3.8) is 0 Å². The summed E-state index contributed by atoms with van der Waals surface area (Å²) in [6.45, 7) is 2.24. The number of hydrogen-bond donors (Lipinski definition) is 3. The van der Waals surface area contributed by atoms with Crippen molar-refractivity contribution in [1.29, 1.82) is 0 Å². The lowest BCUT2D eigenvalue weighted by atomic mass is 10.2. The Labute approximate surface area is 129 Å². The molecule has 0 saturated heterocycles. The van der Waals surface area contributed by atoms with Gasteiger partial charge in [-0.1, -0.05) is 37.3 Å². The van der Waals surface area contributed by atoms with Crippen LogP contribution in [0.5, 0.6) is 0 Å². The van der Waals surface area contributed by atoms with Crippen LogP contribution in [0.4, 0.5) is 0 Å². The van der Waals surface area contributed by atoms with Gasteiger partial charge < -0.3 is 16.0 Å². The molecule has 22 heavy (non-hydrogen) atoms. The predicted molar refractivity (Wildman–Crippen MR) is 81.6 cm³/mol. The van der Waals surface area contributed by atoms with Crippen molar-refractivity contribution in [1.82, 2.24) is 16.0 Å². The first kappa shape index (κ1) is 16.0. The van der Waals surface area contributed by atoms with Gasteiger partial charge in [0.2, 0.25) is 17.7 Å². The highest BCUT2D eigenvalue weighted by atomic mass is 16.2. The van der Waals surface area contributed by atoms with Crippen LogP contribution in [-0.4, -0.2) is 30.8 Å². The van der Waals surface area contributed by atoms with Crippen molar-refractivity contribution in [2.75, 3.05) is 13.1 Å². The van der Waals surface area contributed by atoms with Crippen LogP contribution in [-0.2, 0) is 20.9 Å². The Morgan fingerprint density at radius 3 is 2.23 bits per heavy atom. The Balaban J connectivity index is 1.57. The lowest BCUT2D eigenvalue weighted by Gasteiger charge is -2.08. The molecule has 1 saturated carbocycles. The molecule has 1 fully saturated rings. The fourth-order valence-electron chi connectivity index (χ4n) is 2.09. The molecule has 1 aliphatic rings. The van der Waals surface area contributed by atoms with E-state index < -0.39 is 0 Å². The Kier molecular flexibility index (Phi) is 5.52. The lowest BCUT2D eigenvalue weighted by Crippen LogP contribution is -2.42. The smallest absolute Gasteiger partial charge is 0.239 e. The maximum Gasteiger partial charge on any atom is 0.239 e. The molecule has 118 valence electrons. The summed E-state index contributed by atoms with van der Waals surface area (Å²) in [5.41, 5.74) is 0.994. The molecule has 2 rings (SSSR count). The van der Waals surface area contributed by atoms with Crippen LogP contribution in [0, 0.1) is 11.8 Å². The molecule has 2 unspecified atom stereocenters. The molecule has 1 aromatic rings. The lowest BCUT2D eigenvalue weighted by molar-refractivity contribution is -0.128. The second kappa shape index (κ2) is 7.59. The van der Waals surface area contributed by atoms with Gasteiger partial charge in [-0.05, 0) is 17.9 Å². The zero-order chi connectivity index (χ0) is 15.9. The summed E-state index contributed by atoms with van der Waals surface area (Å²) in [4.78, 5) is 34.7. The summed E-state index contributed by atoms with van der Waals surface area (Å²) in [6, 6.07) is 9.52. The number of rotatable bonds is 7. The number of nitrogens with one attached hydrogen (secondary N) is 3. The monoisotopic (exact) mass is 303 g/mol. The maximum absolute atomic E-state index is 11.6. The van der Waals surface area contributed by atoms with Crippen molar-refractivity contribution in [3.05, 3.63) is 35.9 Å². The summed E-state index contributed by atoms with van der Waals surface area (Å²) in [5, 5.41) is 7.76. The van der Waals surface area contributed by atoms with Gasteiger partial charge in [-0.15, -0.1) is 0 Å². The van der Waals surface area contributed by atoms with Gasteiger partial charge in [0.25, 0.3) is 0 Å². The highest BCUT2D eigenvalue weighted by molar-refractivity contribution is 5.89. The van der Waals surface area contributed by atoms with E-state index >= 15 is 0 Å². The number of hydrogen-bond acceptors (Lipinski definition) is 3. The number of carbonyl (C=O) groups is 3. The fourth-order valence-corrected chi connectivity index (χ4v) is 2.09. The fraction of sp³-hybridized carbons (Fsp3) is 0.438. The zero-order valence-corrected chi connectivity index (χ0v) is 12.6. The predicted octanol–water partition coefficient (Wildman–Crippen LogP) is 0.191. The van der Waals surface area contributed by atoms with E-state index in [9.17, 15) is 14.4 Å². The van der Waals surface area contributed by atoms with E-state index in [1.807, 2.05) is 37.3 Å². The van der Waals surface area contributed by atoms with Crippen molar-refractivity contribution < 1.29 is 14.4 Å². The van der Waals surface area contributed by atoms with Gasteiger partial charge in [0, 0.05) is 12.5 Å². The van der Waals surface area contributed by atoms with Crippen molar-refractivity contribution in [3.8, 4) is 0 Å². The summed E-state index contributed by atoms with van der Waals surface area (Å²) in [6.07, 6.45) is 0.884. The quantitative estimate of drug-likeness (QED) is 0.672. The molecule has 0 bridgehead atoms. The third-order valence-electron chi connectivity index (χ3n) is 3.65. The minimum Gasteiger partial charge on any atom is -0.350 e. The molecule has 0 aromatic heterocycles. The minimum atomic E-state index is -0.364. The van der Waals surface area contributed by atoms with Gasteiger partial charge in [0.05, 0.1) is 13.1 Å². The van der Waals surface area contributed by atoms with Gasteiger partial charge in [0.15, 0.2) is 0 Å². The van der Waals surface area contributed by atoms with E-state index in [4.69, 9.17) is 0 Å². The van der Waals surface area contributed by atoms with Crippen LogP contribution in [0.25, 0.3) is 0 Å².